The SMILES string of the molecule is CCCN(CCCl)c1ccc(C[C@H](CC(=O)OC2/C=C/CCCCC2)C(=O)O)cc1. The summed E-state index contributed by atoms with van der Waals surface area (Å²) in [5, 5.41) is 9.61. The molecule has 0 heterocycles. The molecular formula is C24H34ClNO4. The molecular weight excluding hydrogens is 402 g/mol. The first kappa shape index (κ1) is 24.3. The van der Waals surface area contributed by atoms with E-state index in [1.165, 1.54) is 6.42 Å². The zero-order chi connectivity index (χ0) is 21.8. The van der Waals surface area contributed by atoms with Crippen molar-refractivity contribution in [3.63, 3.8) is 0 Å². The number of nitrogens with zero attached hydrogens (tertiary/aromatic N) is 1. The van der Waals surface area contributed by atoms with Gasteiger partial charge in [-0.25, -0.2) is 0 Å². The normalized spacial score (nSPS) is 18.7. The zero-order valence-electron chi connectivity index (χ0n) is 17.9. The molecule has 166 valence electrons. The molecule has 0 saturated carbocycles. The van der Waals surface area contributed by atoms with Gasteiger partial charge in [0.1, 0.15) is 6.10 Å². The summed E-state index contributed by atoms with van der Waals surface area (Å²) in [7, 11) is 0. The van der Waals surface area contributed by atoms with Gasteiger partial charge in [-0.3, -0.25) is 9.59 Å². The second-order valence-electron chi connectivity index (χ2n) is 7.88. The number of carboxylic acid groups (broad SMARTS) is 1. The lowest BCUT2D eigenvalue weighted by atomic mass is 9.96. The van der Waals surface area contributed by atoms with Crippen molar-refractivity contribution in [2.75, 3.05) is 23.9 Å². The average molecular weight is 436 g/mol. The van der Waals surface area contributed by atoms with Crippen molar-refractivity contribution in [1.82, 2.24) is 0 Å². The number of hydrogen-bond donors (Lipinski definition) is 1. The molecule has 1 aliphatic carbocycles. The number of allylic oxidation sites excluding steroid dienone is 1. The highest BCUT2D eigenvalue weighted by Crippen LogP contribution is 2.21. The monoisotopic (exact) mass is 435 g/mol. The summed E-state index contributed by atoms with van der Waals surface area (Å²) in [4.78, 5) is 26.3. The van der Waals surface area contributed by atoms with Gasteiger partial charge in [0, 0.05) is 24.7 Å². The van der Waals surface area contributed by atoms with Crippen LogP contribution in [0.1, 0.15) is 57.4 Å². The highest BCUT2D eigenvalue weighted by atomic mass is 35.5. The lowest BCUT2D eigenvalue weighted by molar-refractivity contribution is -0.153. The molecule has 0 amide bonds. The van der Waals surface area contributed by atoms with Crippen LogP contribution >= 0.6 is 11.6 Å². The number of esters is 1. The summed E-state index contributed by atoms with van der Waals surface area (Å²) in [6.45, 7) is 3.82. The first-order valence-corrected chi connectivity index (χ1v) is 11.6. The molecule has 0 aromatic heterocycles. The van der Waals surface area contributed by atoms with E-state index in [1.807, 2.05) is 30.3 Å². The second kappa shape index (κ2) is 13.3. The molecule has 0 bridgehead atoms. The van der Waals surface area contributed by atoms with Crippen LogP contribution in [0.25, 0.3) is 0 Å². The highest BCUT2D eigenvalue weighted by Gasteiger charge is 2.24. The lowest BCUT2D eigenvalue weighted by Crippen LogP contribution is -2.26. The molecule has 1 aromatic rings. The van der Waals surface area contributed by atoms with Crippen LogP contribution in [0.5, 0.6) is 0 Å². The van der Waals surface area contributed by atoms with Gasteiger partial charge in [0.05, 0.1) is 12.3 Å². The van der Waals surface area contributed by atoms with E-state index >= 15 is 0 Å². The van der Waals surface area contributed by atoms with Gasteiger partial charge < -0.3 is 14.7 Å². The van der Waals surface area contributed by atoms with Crippen LogP contribution in [0, 0.1) is 5.92 Å². The molecule has 1 N–H and O–H groups in total. The van der Waals surface area contributed by atoms with Crippen molar-refractivity contribution < 1.29 is 19.4 Å². The molecule has 2 atom stereocenters. The van der Waals surface area contributed by atoms with Crippen LogP contribution in [0.2, 0.25) is 0 Å². The molecule has 1 unspecified atom stereocenters. The number of carbonyl (C=O) groups is 2. The summed E-state index contributed by atoms with van der Waals surface area (Å²) in [6.07, 6.45) is 10.1. The van der Waals surface area contributed by atoms with Crippen LogP contribution < -0.4 is 4.90 Å². The summed E-state index contributed by atoms with van der Waals surface area (Å²) in [5.41, 5.74) is 1.97. The van der Waals surface area contributed by atoms with Crippen molar-refractivity contribution >= 4 is 29.2 Å². The lowest BCUT2D eigenvalue weighted by Gasteiger charge is -2.23. The molecule has 2 rings (SSSR count). The maximum absolute atomic E-state index is 12.4. The Morgan fingerprint density at radius 3 is 2.63 bits per heavy atom. The number of ether oxygens (including phenoxy) is 1. The number of halogens is 1. The number of aliphatic carboxylic acids is 1. The molecule has 6 heteroatoms. The van der Waals surface area contributed by atoms with Crippen molar-refractivity contribution in [3.8, 4) is 0 Å². The third-order valence-corrected chi connectivity index (χ3v) is 5.56. The third kappa shape index (κ3) is 8.39. The maximum atomic E-state index is 12.4. The van der Waals surface area contributed by atoms with Gasteiger partial charge in [0.15, 0.2) is 0 Å². The molecule has 0 aliphatic heterocycles. The number of carboxylic acids is 1. The topological polar surface area (TPSA) is 66.8 Å². The fraction of sp³-hybridized carbons (Fsp3) is 0.583. The van der Waals surface area contributed by atoms with E-state index in [-0.39, 0.29) is 12.5 Å². The Balaban J connectivity index is 1.95. The molecule has 1 aliphatic rings. The van der Waals surface area contributed by atoms with Crippen molar-refractivity contribution in [2.24, 2.45) is 5.92 Å². The van der Waals surface area contributed by atoms with E-state index < -0.39 is 17.9 Å². The summed E-state index contributed by atoms with van der Waals surface area (Å²) in [6, 6.07) is 7.86. The number of hydrogen-bond acceptors (Lipinski definition) is 4. The average Bonchev–Trinajstić information content (AvgIpc) is 2.70. The van der Waals surface area contributed by atoms with Crippen LogP contribution in [0.3, 0.4) is 0 Å². The number of carbonyl (C=O) groups excluding carboxylic acids is 1. The summed E-state index contributed by atoms with van der Waals surface area (Å²) in [5.74, 6) is -1.65. The Hall–Kier alpha value is -2.01. The van der Waals surface area contributed by atoms with Gasteiger partial charge in [-0.05, 0) is 62.3 Å². The van der Waals surface area contributed by atoms with Gasteiger partial charge in [-0.1, -0.05) is 31.6 Å². The predicted molar refractivity (Wildman–Crippen MR) is 121 cm³/mol. The highest BCUT2D eigenvalue weighted by molar-refractivity contribution is 6.18. The van der Waals surface area contributed by atoms with Crippen molar-refractivity contribution in [2.45, 2.75) is 64.4 Å². The molecule has 0 spiro atoms. The first-order valence-electron chi connectivity index (χ1n) is 11.0. The summed E-state index contributed by atoms with van der Waals surface area (Å²) >= 11 is 5.90. The largest absolute Gasteiger partial charge is 0.481 e. The fourth-order valence-electron chi connectivity index (χ4n) is 3.76. The van der Waals surface area contributed by atoms with Gasteiger partial charge in [0.25, 0.3) is 0 Å². The van der Waals surface area contributed by atoms with Crippen LogP contribution in [-0.2, 0) is 20.7 Å². The Morgan fingerprint density at radius 1 is 1.20 bits per heavy atom. The Bertz CT molecular complexity index is 683. The minimum absolute atomic E-state index is 0.115. The van der Waals surface area contributed by atoms with Gasteiger partial charge >= 0.3 is 11.9 Å². The predicted octanol–water partition coefficient (Wildman–Crippen LogP) is 5.21. The molecule has 5 nitrogen and oxygen atoms in total. The van der Waals surface area contributed by atoms with Crippen molar-refractivity contribution in [1.29, 1.82) is 0 Å². The summed E-state index contributed by atoms with van der Waals surface area (Å²) < 4.78 is 5.54. The third-order valence-electron chi connectivity index (χ3n) is 5.39. The Labute approximate surface area is 185 Å². The van der Waals surface area contributed by atoms with E-state index in [0.717, 1.165) is 56.4 Å². The maximum Gasteiger partial charge on any atom is 0.307 e. The molecule has 0 fully saturated rings. The smallest absolute Gasteiger partial charge is 0.307 e. The number of benzene rings is 1. The van der Waals surface area contributed by atoms with Crippen LogP contribution in [0.15, 0.2) is 36.4 Å². The van der Waals surface area contributed by atoms with Gasteiger partial charge in [0.2, 0.25) is 0 Å². The Kier molecular flexibility index (Phi) is 10.8. The van der Waals surface area contributed by atoms with Gasteiger partial charge in [-0.15, -0.1) is 11.6 Å². The second-order valence-corrected chi connectivity index (χ2v) is 8.26. The minimum Gasteiger partial charge on any atom is -0.481 e. The first-order chi connectivity index (χ1) is 14.5. The number of rotatable bonds is 11. The molecule has 0 saturated heterocycles. The van der Waals surface area contributed by atoms with Crippen LogP contribution in [-0.4, -0.2) is 42.1 Å². The van der Waals surface area contributed by atoms with Crippen molar-refractivity contribution in [3.05, 3.63) is 42.0 Å². The Morgan fingerprint density at radius 2 is 1.97 bits per heavy atom. The van der Waals surface area contributed by atoms with E-state index in [0.29, 0.717) is 12.3 Å². The zero-order valence-corrected chi connectivity index (χ0v) is 18.7. The molecule has 30 heavy (non-hydrogen) atoms. The van der Waals surface area contributed by atoms with E-state index in [2.05, 4.69) is 17.9 Å². The van der Waals surface area contributed by atoms with Gasteiger partial charge in [-0.2, -0.15) is 0 Å². The molecule has 0 radical (unpaired) electrons. The quantitative estimate of drug-likeness (QED) is 0.293. The van der Waals surface area contributed by atoms with E-state index in [1.54, 1.807) is 0 Å². The fourth-order valence-corrected chi connectivity index (χ4v) is 3.97. The van der Waals surface area contributed by atoms with E-state index in [4.69, 9.17) is 16.3 Å². The number of alkyl halides is 1. The standard InChI is InChI=1S/C24H34ClNO4/c1-2-15-26(16-14-25)21-12-10-19(11-13-21)17-20(24(28)29)18-23(27)30-22-8-6-4-3-5-7-9-22/h6,8,10-13,20,22H,2-5,7,9,14-18H2,1H3,(H,28,29)/b8-6+/t20-,22?/m1/s1. The van der Waals surface area contributed by atoms with E-state index in [9.17, 15) is 14.7 Å². The van der Waals surface area contributed by atoms with Crippen LogP contribution in [0.4, 0.5) is 5.69 Å². The number of anilines is 1. The minimum atomic E-state index is -0.973. The molecule has 1 aromatic carbocycles.